The summed E-state index contributed by atoms with van der Waals surface area (Å²) in [5.41, 5.74) is 0. The summed E-state index contributed by atoms with van der Waals surface area (Å²) in [6.45, 7) is 9.66. The maximum Gasteiger partial charge on any atom is 0.237 e. The number of hydrogen-bond acceptors (Lipinski definition) is 3. The minimum atomic E-state index is -0.304. The first-order valence-corrected chi connectivity index (χ1v) is 7.18. The Morgan fingerprint density at radius 1 is 1.50 bits per heavy atom. The molecule has 18 heavy (non-hydrogen) atoms. The lowest BCUT2D eigenvalue weighted by Crippen LogP contribution is -2.53. The number of likely N-dealkylation sites (tertiary alicyclic amines) is 1. The van der Waals surface area contributed by atoms with Gasteiger partial charge in [-0.15, -0.1) is 0 Å². The molecule has 0 bridgehead atoms. The van der Waals surface area contributed by atoms with Crippen molar-refractivity contribution in [3.05, 3.63) is 0 Å². The van der Waals surface area contributed by atoms with E-state index in [9.17, 15) is 9.90 Å². The molecule has 0 radical (unpaired) electrons. The zero-order chi connectivity index (χ0) is 13.7. The molecule has 4 heteroatoms. The van der Waals surface area contributed by atoms with Crippen LogP contribution in [0.4, 0.5) is 0 Å². The molecule has 0 saturated carbocycles. The summed E-state index contributed by atoms with van der Waals surface area (Å²) in [5, 5.41) is 12.9. The largest absolute Gasteiger partial charge is 0.392 e. The predicted octanol–water partition coefficient (Wildman–Crippen LogP) is 1.38. The summed E-state index contributed by atoms with van der Waals surface area (Å²) in [4.78, 5) is 14.2. The third kappa shape index (κ3) is 4.25. The van der Waals surface area contributed by atoms with Crippen LogP contribution in [0.5, 0.6) is 0 Å². The van der Waals surface area contributed by atoms with Crippen molar-refractivity contribution in [3.8, 4) is 0 Å². The molecular weight excluding hydrogens is 228 g/mol. The van der Waals surface area contributed by atoms with Crippen molar-refractivity contribution >= 4 is 5.91 Å². The van der Waals surface area contributed by atoms with Crippen molar-refractivity contribution in [1.29, 1.82) is 0 Å². The van der Waals surface area contributed by atoms with E-state index >= 15 is 0 Å². The molecule has 1 heterocycles. The van der Waals surface area contributed by atoms with Crippen LogP contribution in [-0.2, 0) is 4.79 Å². The molecule has 1 aliphatic heterocycles. The molecule has 1 fully saturated rings. The molecule has 0 aromatic rings. The first kappa shape index (κ1) is 15.4. The number of β-amino-alcohol motifs (C(OH)–C–C–N with tert-alkyl or cyclic N) is 1. The number of aliphatic hydroxyl groups excluding tert-OH is 1. The molecule has 1 aliphatic rings. The Morgan fingerprint density at radius 2 is 2.17 bits per heavy atom. The highest BCUT2D eigenvalue weighted by Crippen LogP contribution is 2.18. The van der Waals surface area contributed by atoms with Gasteiger partial charge >= 0.3 is 0 Å². The molecule has 1 amide bonds. The fourth-order valence-corrected chi connectivity index (χ4v) is 2.46. The van der Waals surface area contributed by atoms with E-state index in [1.165, 1.54) is 0 Å². The number of amides is 1. The summed E-state index contributed by atoms with van der Waals surface area (Å²) in [7, 11) is 0. The SMILES string of the molecule is CCCC(C)NC(=O)C(C)N1CCC(C)C(O)C1. The minimum absolute atomic E-state index is 0.0812. The maximum absolute atomic E-state index is 12.1. The summed E-state index contributed by atoms with van der Waals surface area (Å²) in [6.07, 6.45) is 2.75. The minimum Gasteiger partial charge on any atom is -0.392 e. The maximum atomic E-state index is 12.1. The Hall–Kier alpha value is -0.610. The van der Waals surface area contributed by atoms with Crippen LogP contribution < -0.4 is 5.32 Å². The number of aliphatic hydroxyl groups is 1. The fourth-order valence-electron chi connectivity index (χ4n) is 2.46. The van der Waals surface area contributed by atoms with Crippen molar-refractivity contribution in [2.45, 2.75) is 65.1 Å². The molecule has 1 rings (SSSR count). The fraction of sp³-hybridized carbons (Fsp3) is 0.929. The molecule has 4 unspecified atom stereocenters. The first-order chi connectivity index (χ1) is 8.45. The Balaban J connectivity index is 2.43. The van der Waals surface area contributed by atoms with Gasteiger partial charge in [-0.3, -0.25) is 9.69 Å². The van der Waals surface area contributed by atoms with Gasteiger partial charge in [-0.25, -0.2) is 0 Å². The first-order valence-electron chi connectivity index (χ1n) is 7.18. The van der Waals surface area contributed by atoms with E-state index in [0.29, 0.717) is 12.5 Å². The smallest absolute Gasteiger partial charge is 0.237 e. The average Bonchev–Trinajstić information content (AvgIpc) is 2.32. The number of carbonyl (C=O) groups is 1. The van der Waals surface area contributed by atoms with E-state index in [1.807, 2.05) is 13.8 Å². The summed E-state index contributed by atoms with van der Waals surface area (Å²) in [5.74, 6) is 0.424. The van der Waals surface area contributed by atoms with Crippen LogP contribution in [0, 0.1) is 5.92 Å². The molecule has 1 saturated heterocycles. The van der Waals surface area contributed by atoms with Gasteiger partial charge in [-0.2, -0.15) is 0 Å². The highest BCUT2D eigenvalue weighted by Gasteiger charge is 2.30. The molecule has 0 spiro atoms. The van der Waals surface area contributed by atoms with Crippen LogP contribution in [0.2, 0.25) is 0 Å². The van der Waals surface area contributed by atoms with Gasteiger partial charge in [0, 0.05) is 12.6 Å². The summed E-state index contributed by atoms with van der Waals surface area (Å²) in [6, 6.07) is 0.0880. The van der Waals surface area contributed by atoms with Crippen LogP contribution in [0.1, 0.15) is 47.0 Å². The zero-order valence-electron chi connectivity index (χ0n) is 12.1. The van der Waals surface area contributed by atoms with Crippen LogP contribution in [0.15, 0.2) is 0 Å². The van der Waals surface area contributed by atoms with Crippen LogP contribution in [0.25, 0.3) is 0 Å². The van der Waals surface area contributed by atoms with Crippen LogP contribution in [-0.4, -0.2) is 47.2 Å². The highest BCUT2D eigenvalue weighted by atomic mass is 16.3. The lowest BCUT2D eigenvalue weighted by Gasteiger charge is -2.37. The number of hydrogen-bond donors (Lipinski definition) is 2. The zero-order valence-corrected chi connectivity index (χ0v) is 12.1. The Kier molecular flexibility index (Phi) is 6.09. The lowest BCUT2D eigenvalue weighted by atomic mass is 9.95. The number of carbonyl (C=O) groups excluding carboxylic acids is 1. The van der Waals surface area contributed by atoms with Gasteiger partial charge in [0.2, 0.25) is 5.91 Å². The number of piperidine rings is 1. The Labute approximate surface area is 111 Å². The molecule has 0 aliphatic carbocycles. The molecule has 0 aromatic heterocycles. The van der Waals surface area contributed by atoms with E-state index in [0.717, 1.165) is 25.8 Å². The number of nitrogens with one attached hydrogen (secondary N) is 1. The van der Waals surface area contributed by atoms with Gasteiger partial charge in [0.1, 0.15) is 0 Å². The second-order valence-corrected chi connectivity index (χ2v) is 5.70. The van der Waals surface area contributed by atoms with Gasteiger partial charge in [0.05, 0.1) is 12.1 Å². The monoisotopic (exact) mass is 256 g/mol. The van der Waals surface area contributed by atoms with Gasteiger partial charge in [0.25, 0.3) is 0 Å². The predicted molar refractivity (Wildman–Crippen MR) is 73.3 cm³/mol. The van der Waals surface area contributed by atoms with Crippen LogP contribution in [0.3, 0.4) is 0 Å². The van der Waals surface area contributed by atoms with E-state index in [-0.39, 0.29) is 24.1 Å². The van der Waals surface area contributed by atoms with Crippen molar-refractivity contribution in [2.75, 3.05) is 13.1 Å². The molecule has 106 valence electrons. The second-order valence-electron chi connectivity index (χ2n) is 5.70. The van der Waals surface area contributed by atoms with E-state index in [1.54, 1.807) is 0 Å². The van der Waals surface area contributed by atoms with Crippen molar-refractivity contribution in [3.63, 3.8) is 0 Å². The van der Waals surface area contributed by atoms with Gasteiger partial charge in [-0.1, -0.05) is 20.3 Å². The van der Waals surface area contributed by atoms with Crippen molar-refractivity contribution in [2.24, 2.45) is 5.92 Å². The standard InChI is InChI=1S/C14H28N2O2/c1-5-6-11(3)15-14(18)12(4)16-8-7-10(2)13(17)9-16/h10-13,17H,5-9H2,1-4H3,(H,15,18). The van der Waals surface area contributed by atoms with Gasteiger partial charge < -0.3 is 10.4 Å². The Bertz CT molecular complexity index is 271. The van der Waals surface area contributed by atoms with Gasteiger partial charge in [0.15, 0.2) is 0 Å². The van der Waals surface area contributed by atoms with E-state index < -0.39 is 0 Å². The molecule has 4 atom stereocenters. The molecule has 4 nitrogen and oxygen atoms in total. The Morgan fingerprint density at radius 3 is 2.72 bits per heavy atom. The normalized spacial score (nSPS) is 28.7. The topological polar surface area (TPSA) is 52.6 Å². The van der Waals surface area contributed by atoms with Gasteiger partial charge in [-0.05, 0) is 39.2 Å². The summed E-state index contributed by atoms with van der Waals surface area (Å²) >= 11 is 0. The van der Waals surface area contributed by atoms with E-state index in [4.69, 9.17) is 0 Å². The number of nitrogens with zero attached hydrogens (tertiary/aromatic N) is 1. The molecule has 0 aromatic carbocycles. The third-order valence-corrected chi connectivity index (χ3v) is 3.99. The third-order valence-electron chi connectivity index (χ3n) is 3.99. The molecular formula is C14H28N2O2. The van der Waals surface area contributed by atoms with Crippen molar-refractivity contribution in [1.82, 2.24) is 10.2 Å². The average molecular weight is 256 g/mol. The lowest BCUT2D eigenvalue weighted by molar-refractivity contribution is -0.128. The van der Waals surface area contributed by atoms with Crippen LogP contribution >= 0.6 is 0 Å². The molecule has 2 N–H and O–H groups in total. The second kappa shape index (κ2) is 7.10. The number of rotatable bonds is 5. The van der Waals surface area contributed by atoms with E-state index in [2.05, 4.69) is 24.1 Å². The summed E-state index contributed by atoms with van der Waals surface area (Å²) < 4.78 is 0. The highest BCUT2D eigenvalue weighted by molar-refractivity contribution is 5.81. The quantitative estimate of drug-likeness (QED) is 0.781. The van der Waals surface area contributed by atoms with Crippen molar-refractivity contribution < 1.29 is 9.90 Å².